The molecule has 0 aromatic rings. The van der Waals surface area contributed by atoms with Gasteiger partial charge in [0.2, 0.25) is 11.8 Å². The Kier molecular flexibility index (Phi) is 11.1. The number of carbonyl (C=O) groups excluding carboxylic acids is 2. The van der Waals surface area contributed by atoms with E-state index in [-0.39, 0.29) is 48.3 Å². The number of amides is 2. The van der Waals surface area contributed by atoms with Crippen molar-refractivity contribution in [2.75, 3.05) is 53.4 Å². The van der Waals surface area contributed by atoms with Gasteiger partial charge in [-0.2, -0.15) is 0 Å². The van der Waals surface area contributed by atoms with Gasteiger partial charge in [-0.1, -0.05) is 6.92 Å². The number of halogens is 1. The Morgan fingerprint density at radius 1 is 1.21 bits per heavy atom. The summed E-state index contributed by atoms with van der Waals surface area (Å²) in [5, 5.41) is 3.51. The zero-order valence-corrected chi connectivity index (χ0v) is 19.9. The van der Waals surface area contributed by atoms with E-state index in [9.17, 15) is 9.59 Å². The third-order valence-corrected chi connectivity index (χ3v) is 5.57. The molecular weight excluding hydrogens is 471 g/mol. The highest BCUT2D eigenvalue weighted by molar-refractivity contribution is 14.0. The zero-order chi connectivity index (χ0) is 19.8. The molecule has 9 heteroatoms. The van der Waals surface area contributed by atoms with Crippen molar-refractivity contribution >= 4 is 41.8 Å². The SMILES string of the molecule is CCN1CCCC1CNC(=NCC(=O)N(C)C)N1CCCC(CC(N)=O)C1.I. The number of nitrogens with one attached hydrogen (secondary N) is 1. The Hall–Kier alpha value is -1.10. The van der Waals surface area contributed by atoms with Crippen molar-refractivity contribution in [2.24, 2.45) is 16.6 Å². The van der Waals surface area contributed by atoms with Gasteiger partial charge in [-0.25, -0.2) is 4.99 Å². The van der Waals surface area contributed by atoms with Crippen LogP contribution in [0.5, 0.6) is 0 Å². The monoisotopic (exact) mass is 508 g/mol. The predicted molar refractivity (Wildman–Crippen MR) is 123 cm³/mol. The van der Waals surface area contributed by atoms with Gasteiger partial charge < -0.3 is 20.9 Å². The number of piperidine rings is 1. The topological polar surface area (TPSA) is 94.3 Å². The number of rotatable bonds is 7. The molecule has 2 aliphatic heterocycles. The van der Waals surface area contributed by atoms with Crippen LogP contribution in [-0.4, -0.2) is 91.9 Å². The van der Waals surface area contributed by atoms with Crippen LogP contribution >= 0.6 is 24.0 Å². The third-order valence-electron chi connectivity index (χ3n) is 5.57. The van der Waals surface area contributed by atoms with Crippen LogP contribution in [0, 0.1) is 5.92 Å². The van der Waals surface area contributed by atoms with Crippen LogP contribution in [0.15, 0.2) is 4.99 Å². The molecule has 2 amide bonds. The van der Waals surface area contributed by atoms with Gasteiger partial charge in [-0.3, -0.25) is 14.5 Å². The summed E-state index contributed by atoms with van der Waals surface area (Å²) in [7, 11) is 3.48. The minimum Gasteiger partial charge on any atom is -0.370 e. The van der Waals surface area contributed by atoms with E-state index in [4.69, 9.17) is 5.73 Å². The Morgan fingerprint density at radius 3 is 2.57 bits per heavy atom. The van der Waals surface area contributed by atoms with Crippen molar-refractivity contribution in [1.82, 2.24) is 20.0 Å². The van der Waals surface area contributed by atoms with Crippen LogP contribution in [0.25, 0.3) is 0 Å². The molecule has 0 aromatic heterocycles. The van der Waals surface area contributed by atoms with Gasteiger partial charge in [-0.05, 0) is 44.7 Å². The van der Waals surface area contributed by atoms with Crippen molar-refractivity contribution in [2.45, 2.75) is 45.1 Å². The van der Waals surface area contributed by atoms with Crippen LogP contribution < -0.4 is 11.1 Å². The van der Waals surface area contributed by atoms with E-state index in [1.54, 1.807) is 19.0 Å². The van der Waals surface area contributed by atoms with E-state index in [0.29, 0.717) is 12.5 Å². The first-order valence-corrected chi connectivity index (χ1v) is 10.2. The molecule has 0 spiro atoms. The van der Waals surface area contributed by atoms with Crippen LogP contribution in [0.3, 0.4) is 0 Å². The fraction of sp³-hybridized carbons (Fsp3) is 0.842. The summed E-state index contributed by atoms with van der Waals surface area (Å²) < 4.78 is 0. The molecular formula is C19H37IN6O2. The smallest absolute Gasteiger partial charge is 0.243 e. The standard InChI is InChI=1S/C19H36N6O2.HI/c1-4-24-9-6-8-16(24)12-21-19(22-13-18(27)23(2)3)25-10-5-7-15(14-25)11-17(20)26;/h15-16H,4-14H2,1-3H3,(H2,20,26)(H,21,22);1H. The van der Waals surface area contributed by atoms with Gasteiger partial charge in [0.25, 0.3) is 0 Å². The number of nitrogens with zero attached hydrogens (tertiary/aromatic N) is 4. The highest BCUT2D eigenvalue weighted by Crippen LogP contribution is 2.20. The van der Waals surface area contributed by atoms with Crippen molar-refractivity contribution in [1.29, 1.82) is 0 Å². The van der Waals surface area contributed by atoms with Crippen molar-refractivity contribution < 1.29 is 9.59 Å². The van der Waals surface area contributed by atoms with Crippen molar-refractivity contribution in [3.63, 3.8) is 0 Å². The molecule has 3 N–H and O–H groups in total. The summed E-state index contributed by atoms with van der Waals surface area (Å²) in [6.07, 6.45) is 4.85. The first-order chi connectivity index (χ1) is 12.9. The maximum atomic E-state index is 12.0. The number of carbonyl (C=O) groups is 2. The number of hydrogen-bond acceptors (Lipinski definition) is 4. The lowest BCUT2D eigenvalue weighted by Gasteiger charge is -2.35. The molecule has 8 nitrogen and oxygen atoms in total. The maximum absolute atomic E-state index is 12.0. The predicted octanol–water partition coefficient (Wildman–Crippen LogP) is 0.710. The minimum absolute atomic E-state index is 0. The fourth-order valence-corrected chi connectivity index (χ4v) is 4.01. The highest BCUT2D eigenvalue weighted by Gasteiger charge is 2.26. The first-order valence-electron chi connectivity index (χ1n) is 10.2. The Bertz CT molecular complexity index is 543. The quantitative estimate of drug-likeness (QED) is 0.300. The molecule has 2 heterocycles. The van der Waals surface area contributed by atoms with Gasteiger partial charge in [0.05, 0.1) is 0 Å². The lowest BCUT2D eigenvalue weighted by Crippen LogP contribution is -2.50. The fourth-order valence-electron chi connectivity index (χ4n) is 4.01. The van der Waals surface area contributed by atoms with E-state index >= 15 is 0 Å². The summed E-state index contributed by atoms with van der Waals surface area (Å²) in [6, 6.07) is 0.510. The van der Waals surface area contributed by atoms with Gasteiger partial charge in [0, 0.05) is 46.2 Å². The van der Waals surface area contributed by atoms with E-state index < -0.39 is 0 Å². The minimum atomic E-state index is -0.249. The molecule has 162 valence electrons. The number of hydrogen-bond donors (Lipinski definition) is 2. The molecule has 2 fully saturated rings. The lowest BCUT2D eigenvalue weighted by atomic mass is 9.95. The van der Waals surface area contributed by atoms with Crippen molar-refractivity contribution in [3.8, 4) is 0 Å². The number of primary amides is 1. The molecule has 2 saturated heterocycles. The van der Waals surface area contributed by atoms with Gasteiger partial charge >= 0.3 is 0 Å². The van der Waals surface area contributed by atoms with Gasteiger partial charge in [0.15, 0.2) is 5.96 Å². The van der Waals surface area contributed by atoms with Crippen LogP contribution in [0.4, 0.5) is 0 Å². The first kappa shape index (κ1) is 24.9. The third kappa shape index (κ3) is 7.73. The second-order valence-corrected chi connectivity index (χ2v) is 7.86. The van der Waals surface area contributed by atoms with Crippen LogP contribution in [0.1, 0.15) is 39.0 Å². The normalized spacial score (nSPS) is 23.2. The zero-order valence-electron chi connectivity index (χ0n) is 17.5. The largest absolute Gasteiger partial charge is 0.370 e. The Balaban J connectivity index is 0.00000392. The molecule has 2 unspecified atom stereocenters. The summed E-state index contributed by atoms with van der Waals surface area (Å²) in [4.78, 5) is 34.1. The molecule has 0 aromatic carbocycles. The Morgan fingerprint density at radius 2 is 1.93 bits per heavy atom. The number of nitrogens with two attached hydrogens (primary N) is 1. The van der Waals surface area contributed by atoms with Crippen LogP contribution in [0.2, 0.25) is 0 Å². The van der Waals surface area contributed by atoms with E-state index in [1.165, 1.54) is 12.8 Å². The van der Waals surface area contributed by atoms with Gasteiger partial charge in [-0.15, -0.1) is 24.0 Å². The molecule has 28 heavy (non-hydrogen) atoms. The summed E-state index contributed by atoms with van der Waals surface area (Å²) in [5.74, 6) is 0.769. The second-order valence-electron chi connectivity index (χ2n) is 7.86. The second kappa shape index (κ2) is 12.5. The van der Waals surface area contributed by atoms with Gasteiger partial charge in [0.1, 0.15) is 6.54 Å². The molecule has 0 saturated carbocycles. The van der Waals surface area contributed by atoms with E-state index in [2.05, 4.69) is 27.0 Å². The average molecular weight is 508 g/mol. The number of likely N-dealkylation sites (tertiary alicyclic amines) is 2. The summed E-state index contributed by atoms with van der Waals surface area (Å²) >= 11 is 0. The number of guanidine groups is 1. The maximum Gasteiger partial charge on any atom is 0.243 e. The average Bonchev–Trinajstić information content (AvgIpc) is 3.08. The highest BCUT2D eigenvalue weighted by atomic mass is 127. The molecule has 2 rings (SSSR count). The molecule has 0 aliphatic carbocycles. The summed E-state index contributed by atoms with van der Waals surface area (Å²) in [6.45, 7) is 7.02. The van der Waals surface area contributed by atoms with E-state index in [1.807, 2.05) is 0 Å². The van der Waals surface area contributed by atoms with Crippen LogP contribution in [-0.2, 0) is 9.59 Å². The van der Waals surface area contributed by atoms with E-state index in [0.717, 1.165) is 51.5 Å². The lowest BCUT2D eigenvalue weighted by molar-refractivity contribution is -0.127. The molecule has 0 radical (unpaired) electrons. The molecule has 0 bridgehead atoms. The molecule has 2 aliphatic rings. The van der Waals surface area contributed by atoms with Crippen molar-refractivity contribution in [3.05, 3.63) is 0 Å². The number of likely N-dealkylation sites (N-methyl/N-ethyl adjacent to an activating group) is 2. The Labute approximate surface area is 186 Å². The number of aliphatic imine (C=N–C) groups is 1. The molecule has 2 atom stereocenters. The summed E-state index contributed by atoms with van der Waals surface area (Å²) in [5.41, 5.74) is 5.39.